The number of carbonyl (C=O) groups is 3. The Morgan fingerprint density at radius 2 is 0.750 bits per heavy atom. The van der Waals surface area contributed by atoms with Crippen LogP contribution in [0.3, 0.4) is 0 Å². The van der Waals surface area contributed by atoms with Gasteiger partial charge in [0, 0.05) is 19.3 Å². The van der Waals surface area contributed by atoms with Crippen molar-refractivity contribution < 1.29 is 52.2 Å². The number of carbonyl (C=O) groups excluding carboxylic acids is 3. The van der Waals surface area contributed by atoms with Crippen LogP contribution >= 0.6 is 7.82 Å². The average Bonchev–Trinajstić information content (AvgIpc) is 3.32. The van der Waals surface area contributed by atoms with Gasteiger partial charge in [-0.1, -0.05) is 238 Å². The normalized spacial score (nSPS) is 13.5. The average molecular weight is 985 g/mol. The van der Waals surface area contributed by atoms with Gasteiger partial charge in [-0.3, -0.25) is 23.4 Å². The SMILES string of the molecule is CCC/C=C\C/C=C\CCCCCCCC(=O)OCC(COP(=O)(O)OCC(CO)OC(=O)CCCCCCCCCCC)OC(=O)CCCCCCCCCCCCCCCCCCCCC. The molecule has 0 saturated carbocycles. The van der Waals surface area contributed by atoms with Crippen molar-refractivity contribution in [3.05, 3.63) is 24.3 Å². The minimum absolute atomic E-state index is 0.172. The van der Waals surface area contributed by atoms with Crippen LogP contribution in [0.2, 0.25) is 0 Å². The van der Waals surface area contributed by atoms with Gasteiger partial charge in [0.2, 0.25) is 0 Å². The second-order valence-electron chi connectivity index (χ2n) is 19.1. The zero-order valence-corrected chi connectivity index (χ0v) is 45.0. The van der Waals surface area contributed by atoms with E-state index in [9.17, 15) is 28.9 Å². The van der Waals surface area contributed by atoms with E-state index in [1.807, 2.05) is 0 Å². The molecule has 0 fully saturated rings. The maximum atomic E-state index is 12.9. The van der Waals surface area contributed by atoms with Crippen LogP contribution in [0.5, 0.6) is 0 Å². The highest BCUT2D eigenvalue weighted by Crippen LogP contribution is 2.43. The number of rotatable bonds is 53. The Bertz CT molecular complexity index is 1240. The molecular weight excluding hydrogens is 880 g/mol. The molecule has 0 bridgehead atoms. The van der Waals surface area contributed by atoms with Crippen LogP contribution in [0.15, 0.2) is 24.3 Å². The summed E-state index contributed by atoms with van der Waals surface area (Å²) in [6.45, 7) is 4.58. The highest BCUT2D eigenvalue weighted by molar-refractivity contribution is 7.47. The zero-order chi connectivity index (χ0) is 49.9. The number of ether oxygens (including phenoxy) is 3. The van der Waals surface area contributed by atoms with E-state index in [1.165, 1.54) is 135 Å². The predicted octanol–water partition coefficient (Wildman–Crippen LogP) is 16.3. The van der Waals surface area contributed by atoms with Gasteiger partial charge >= 0.3 is 25.7 Å². The van der Waals surface area contributed by atoms with Crippen molar-refractivity contribution in [2.75, 3.05) is 26.4 Å². The summed E-state index contributed by atoms with van der Waals surface area (Å²) in [5.41, 5.74) is 0. The highest BCUT2D eigenvalue weighted by atomic mass is 31.2. The Morgan fingerprint density at radius 1 is 0.412 bits per heavy atom. The van der Waals surface area contributed by atoms with Crippen molar-refractivity contribution in [2.24, 2.45) is 0 Å². The summed E-state index contributed by atoms with van der Waals surface area (Å²) in [6.07, 6.45) is 50.1. The van der Waals surface area contributed by atoms with Crippen molar-refractivity contribution in [3.8, 4) is 0 Å². The van der Waals surface area contributed by atoms with Crippen molar-refractivity contribution >= 4 is 25.7 Å². The van der Waals surface area contributed by atoms with E-state index in [0.717, 1.165) is 83.5 Å². The van der Waals surface area contributed by atoms with E-state index in [-0.39, 0.29) is 25.9 Å². The monoisotopic (exact) mass is 985 g/mol. The summed E-state index contributed by atoms with van der Waals surface area (Å²) in [5, 5.41) is 9.76. The summed E-state index contributed by atoms with van der Waals surface area (Å²) in [7, 11) is -4.73. The number of phosphoric ester groups is 1. The van der Waals surface area contributed by atoms with Gasteiger partial charge in [-0.25, -0.2) is 4.57 Å². The molecule has 3 unspecified atom stereocenters. The number of unbranched alkanes of at least 4 members (excludes halogenated alkanes) is 32. The lowest BCUT2D eigenvalue weighted by Crippen LogP contribution is -2.30. The van der Waals surface area contributed by atoms with Gasteiger partial charge in [-0.15, -0.1) is 0 Å². The van der Waals surface area contributed by atoms with Gasteiger partial charge in [0.15, 0.2) is 6.10 Å². The molecule has 0 aromatic heterocycles. The van der Waals surface area contributed by atoms with Crippen molar-refractivity contribution in [1.82, 2.24) is 0 Å². The lowest BCUT2D eigenvalue weighted by Gasteiger charge is -2.21. The minimum atomic E-state index is -4.73. The summed E-state index contributed by atoms with van der Waals surface area (Å²) in [6, 6.07) is 0. The Balaban J connectivity index is 4.67. The quantitative estimate of drug-likeness (QED) is 0.0197. The molecule has 3 atom stereocenters. The van der Waals surface area contributed by atoms with E-state index >= 15 is 0 Å². The third-order valence-corrected chi connectivity index (χ3v) is 13.3. The first-order chi connectivity index (χ1) is 33.2. The molecule has 0 aliphatic rings. The minimum Gasteiger partial charge on any atom is -0.462 e. The van der Waals surface area contributed by atoms with E-state index in [4.69, 9.17) is 23.3 Å². The van der Waals surface area contributed by atoms with Gasteiger partial charge in [0.05, 0.1) is 19.8 Å². The maximum absolute atomic E-state index is 12.9. The van der Waals surface area contributed by atoms with Crippen LogP contribution in [-0.2, 0) is 42.2 Å². The van der Waals surface area contributed by atoms with Crippen LogP contribution in [0.1, 0.15) is 278 Å². The molecule has 0 heterocycles. The molecule has 0 aromatic rings. The van der Waals surface area contributed by atoms with Crippen LogP contribution in [0.25, 0.3) is 0 Å². The zero-order valence-electron chi connectivity index (χ0n) is 44.1. The largest absolute Gasteiger partial charge is 0.472 e. The topological polar surface area (TPSA) is 155 Å². The first-order valence-electron chi connectivity index (χ1n) is 28.2. The van der Waals surface area contributed by atoms with E-state index < -0.39 is 57.8 Å². The van der Waals surface area contributed by atoms with Crippen LogP contribution in [-0.4, -0.2) is 66.5 Å². The summed E-state index contributed by atoms with van der Waals surface area (Å²) >= 11 is 0. The van der Waals surface area contributed by atoms with Crippen molar-refractivity contribution in [1.29, 1.82) is 0 Å². The third kappa shape index (κ3) is 49.0. The first kappa shape index (κ1) is 66.0. The number of phosphoric acid groups is 1. The van der Waals surface area contributed by atoms with Crippen molar-refractivity contribution in [2.45, 2.75) is 290 Å². The number of aliphatic hydroxyl groups excluding tert-OH is 1. The highest BCUT2D eigenvalue weighted by Gasteiger charge is 2.28. The molecule has 2 N–H and O–H groups in total. The second-order valence-corrected chi connectivity index (χ2v) is 20.6. The Kier molecular flexibility index (Phi) is 49.8. The fourth-order valence-corrected chi connectivity index (χ4v) is 8.83. The molecule has 68 heavy (non-hydrogen) atoms. The fourth-order valence-electron chi connectivity index (χ4n) is 8.04. The molecule has 0 aromatic carbocycles. The molecule has 12 heteroatoms. The standard InChI is InChI=1S/C56H105O11P/c1-4-7-10-13-16-19-21-23-24-25-26-27-28-30-32-35-38-41-44-47-56(60)67-53(49-63-54(58)45-42-39-36-34-31-29-22-20-17-14-11-8-5-2)51-65-68(61,62)64-50-52(48-57)66-55(59)46-43-40-37-33-18-15-12-9-6-3/h11,14,20,22,52-53,57H,4-10,12-13,15-19,21,23-51H2,1-3H3,(H,61,62)/b14-11-,22-20-. The molecular formula is C56H105O11P. The molecule has 0 amide bonds. The lowest BCUT2D eigenvalue weighted by atomic mass is 10.0. The molecule has 0 radical (unpaired) electrons. The Hall–Kier alpha value is -2.04. The molecule has 400 valence electrons. The number of aliphatic hydroxyl groups is 1. The van der Waals surface area contributed by atoms with Gasteiger partial charge in [-0.05, 0) is 44.9 Å². The molecule has 0 rings (SSSR count). The van der Waals surface area contributed by atoms with Crippen LogP contribution in [0, 0.1) is 0 Å². The summed E-state index contributed by atoms with van der Waals surface area (Å²) in [4.78, 5) is 48.3. The van der Waals surface area contributed by atoms with Crippen LogP contribution in [0.4, 0.5) is 0 Å². The second kappa shape index (κ2) is 51.3. The van der Waals surface area contributed by atoms with Gasteiger partial charge in [0.1, 0.15) is 12.7 Å². The molecule has 0 spiro atoms. The number of hydrogen-bond acceptors (Lipinski definition) is 10. The Morgan fingerprint density at radius 3 is 1.15 bits per heavy atom. The smallest absolute Gasteiger partial charge is 0.462 e. The maximum Gasteiger partial charge on any atom is 0.472 e. The molecule has 0 aliphatic carbocycles. The number of hydrogen-bond donors (Lipinski definition) is 2. The number of allylic oxidation sites excluding steroid dienone is 4. The Labute approximate surface area is 417 Å². The first-order valence-corrected chi connectivity index (χ1v) is 29.7. The molecule has 11 nitrogen and oxygen atoms in total. The predicted molar refractivity (Wildman–Crippen MR) is 280 cm³/mol. The lowest BCUT2D eigenvalue weighted by molar-refractivity contribution is -0.161. The number of esters is 3. The summed E-state index contributed by atoms with van der Waals surface area (Å²) in [5.74, 6) is -1.46. The van der Waals surface area contributed by atoms with E-state index in [2.05, 4.69) is 45.1 Å². The van der Waals surface area contributed by atoms with Gasteiger partial charge < -0.3 is 24.2 Å². The van der Waals surface area contributed by atoms with Crippen LogP contribution < -0.4 is 0 Å². The van der Waals surface area contributed by atoms with Gasteiger partial charge in [0.25, 0.3) is 0 Å². The summed E-state index contributed by atoms with van der Waals surface area (Å²) < 4.78 is 39.4. The van der Waals surface area contributed by atoms with Crippen molar-refractivity contribution in [3.63, 3.8) is 0 Å². The molecule has 0 saturated heterocycles. The third-order valence-electron chi connectivity index (χ3n) is 12.4. The van der Waals surface area contributed by atoms with E-state index in [0.29, 0.717) is 19.3 Å². The van der Waals surface area contributed by atoms with Gasteiger partial charge in [-0.2, -0.15) is 0 Å². The fraction of sp³-hybridized carbons (Fsp3) is 0.875. The molecule has 0 aliphatic heterocycles. The van der Waals surface area contributed by atoms with E-state index in [1.54, 1.807) is 0 Å².